The third-order valence-corrected chi connectivity index (χ3v) is 5.15. The Morgan fingerprint density at radius 2 is 1.83 bits per heavy atom. The Balaban J connectivity index is 1.88. The van der Waals surface area contributed by atoms with Gasteiger partial charge in [0.15, 0.2) is 0 Å². The maximum absolute atomic E-state index is 10.6. The Bertz CT molecular complexity index is 1050. The summed E-state index contributed by atoms with van der Waals surface area (Å²) >= 11 is 0. The highest BCUT2D eigenvalue weighted by Gasteiger charge is 2.14. The molecular formula is C26H27N3O. The van der Waals surface area contributed by atoms with Gasteiger partial charge in [-0.05, 0) is 42.0 Å². The molecule has 1 aromatic heterocycles. The smallest absolute Gasteiger partial charge is 0.218 e. The van der Waals surface area contributed by atoms with Gasteiger partial charge in [-0.25, -0.2) is 4.98 Å². The van der Waals surface area contributed by atoms with Crippen LogP contribution in [0, 0.1) is 11.3 Å². The highest BCUT2D eigenvalue weighted by molar-refractivity contribution is 5.70. The fourth-order valence-electron chi connectivity index (χ4n) is 3.48. The number of allylic oxidation sites excluding steroid dienone is 1. The summed E-state index contributed by atoms with van der Waals surface area (Å²) in [6.07, 6.45) is 6.82. The molecule has 4 heteroatoms. The van der Waals surface area contributed by atoms with Crippen LogP contribution in [0.3, 0.4) is 0 Å². The molecule has 0 radical (unpaired) electrons. The first-order chi connectivity index (χ1) is 14.7. The van der Waals surface area contributed by atoms with E-state index in [-0.39, 0.29) is 5.88 Å². The van der Waals surface area contributed by atoms with Crippen LogP contribution >= 0.6 is 0 Å². The van der Waals surface area contributed by atoms with Gasteiger partial charge in [-0.1, -0.05) is 61.9 Å². The van der Waals surface area contributed by atoms with Gasteiger partial charge >= 0.3 is 0 Å². The highest BCUT2D eigenvalue weighted by Crippen LogP contribution is 2.27. The average Bonchev–Trinajstić information content (AvgIpc) is 2.78. The summed E-state index contributed by atoms with van der Waals surface area (Å²) in [5, 5.41) is 20.0. The van der Waals surface area contributed by atoms with Crippen molar-refractivity contribution in [2.75, 3.05) is 0 Å². The molecular weight excluding hydrogens is 370 g/mol. The molecule has 0 unspecified atom stereocenters. The van der Waals surface area contributed by atoms with Crippen molar-refractivity contribution in [1.29, 1.82) is 5.26 Å². The second kappa shape index (κ2) is 10.4. The second-order valence-electron chi connectivity index (χ2n) is 7.35. The maximum Gasteiger partial charge on any atom is 0.218 e. The standard InChI is InChI=1S/C26H27N3O/c1-3-5-11-24-23(26(30)29-25(28-24)12-6-4-2)17-19-13-15-20(16-14-19)22-10-8-7-9-21(22)18-27/h3,7-10,13-16H,1,4-6,11-12,17H2,2H3,(H,28,29,30). The molecule has 0 bridgehead atoms. The van der Waals surface area contributed by atoms with Crippen LogP contribution in [-0.2, 0) is 19.3 Å². The van der Waals surface area contributed by atoms with Crippen molar-refractivity contribution in [2.24, 2.45) is 0 Å². The molecule has 0 saturated heterocycles. The van der Waals surface area contributed by atoms with E-state index in [1.807, 2.05) is 54.6 Å². The fraction of sp³-hybridized carbons (Fsp3) is 0.269. The van der Waals surface area contributed by atoms with Crippen LogP contribution in [0.4, 0.5) is 0 Å². The van der Waals surface area contributed by atoms with Gasteiger partial charge in [-0.2, -0.15) is 10.2 Å². The number of nitrogens with zero attached hydrogens (tertiary/aromatic N) is 3. The first-order valence-electron chi connectivity index (χ1n) is 10.4. The van der Waals surface area contributed by atoms with E-state index in [1.165, 1.54) is 0 Å². The molecule has 3 aromatic rings. The van der Waals surface area contributed by atoms with Crippen LogP contribution in [0.2, 0.25) is 0 Å². The normalized spacial score (nSPS) is 10.5. The summed E-state index contributed by atoms with van der Waals surface area (Å²) in [4.78, 5) is 9.08. The Morgan fingerprint density at radius 3 is 2.53 bits per heavy atom. The largest absolute Gasteiger partial charge is 0.493 e. The minimum Gasteiger partial charge on any atom is -0.493 e. The molecule has 0 atom stereocenters. The summed E-state index contributed by atoms with van der Waals surface area (Å²) in [7, 11) is 0. The minimum absolute atomic E-state index is 0.0778. The van der Waals surface area contributed by atoms with Gasteiger partial charge in [0.05, 0.1) is 17.3 Å². The molecule has 0 amide bonds. The molecule has 152 valence electrons. The van der Waals surface area contributed by atoms with Crippen molar-refractivity contribution in [2.45, 2.75) is 45.4 Å². The van der Waals surface area contributed by atoms with E-state index in [0.717, 1.165) is 60.1 Å². The van der Waals surface area contributed by atoms with Crippen molar-refractivity contribution in [1.82, 2.24) is 9.97 Å². The number of aromatic hydroxyl groups is 1. The van der Waals surface area contributed by atoms with Crippen LogP contribution in [0.25, 0.3) is 11.1 Å². The van der Waals surface area contributed by atoms with Crippen LogP contribution in [0.5, 0.6) is 5.88 Å². The molecule has 0 aliphatic carbocycles. The van der Waals surface area contributed by atoms with Crippen LogP contribution < -0.4 is 0 Å². The molecule has 0 aliphatic rings. The SMILES string of the molecule is C=CCCc1nc(CCCC)nc(O)c1Cc1ccc(-c2ccccc2C#N)cc1. The number of aromatic nitrogens is 2. The number of nitriles is 1. The summed E-state index contributed by atoms with van der Waals surface area (Å²) < 4.78 is 0. The van der Waals surface area contributed by atoms with E-state index in [0.29, 0.717) is 17.8 Å². The Hall–Kier alpha value is -3.45. The van der Waals surface area contributed by atoms with Gasteiger partial charge in [0.1, 0.15) is 5.82 Å². The number of aryl methyl sites for hydroxylation is 2. The quantitative estimate of drug-likeness (QED) is 0.465. The predicted octanol–water partition coefficient (Wildman–Crippen LogP) is 5.77. The summed E-state index contributed by atoms with van der Waals surface area (Å²) in [6, 6.07) is 17.9. The van der Waals surface area contributed by atoms with Crippen molar-refractivity contribution in [3.8, 4) is 23.1 Å². The second-order valence-corrected chi connectivity index (χ2v) is 7.35. The average molecular weight is 398 g/mol. The Kier molecular flexibility index (Phi) is 7.34. The van der Waals surface area contributed by atoms with Crippen molar-refractivity contribution >= 4 is 0 Å². The fourth-order valence-corrected chi connectivity index (χ4v) is 3.48. The number of unbranched alkanes of at least 4 members (excludes halogenated alkanes) is 1. The monoisotopic (exact) mass is 397 g/mol. The van der Waals surface area contributed by atoms with E-state index >= 15 is 0 Å². The molecule has 0 fully saturated rings. The van der Waals surface area contributed by atoms with Crippen LogP contribution in [-0.4, -0.2) is 15.1 Å². The topological polar surface area (TPSA) is 69.8 Å². The molecule has 3 rings (SSSR count). The van der Waals surface area contributed by atoms with Crippen LogP contribution in [0.15, 0.2) is 61.2 Å². The van der Waals surface area contributed by atoms with Crippen molar-refractivity contribution in [3.63, 3.8) is 0 Å². The number of benzene rings is 2. The third kappa shape index (κ3) is 5.12. The lowest BCUT2D eigenvalue weighted by atomic mass is 9.97. The summed E-state index contributed by atoms with van der Waals surface area (Å²) in [5.41, 5.74) is 5.32. The van der Waals surface area contributed by atoms with Gasteiger partial charge in [0.2, 0.25) is 5.88 Å². The molecule has 0 saturated carbocycles. The van der Waals surface area contributed by atoms with E-state index in [4.69, 9.17) is 4.98 Å². The maximum atomic E-state index is 10.6. The molecule has 4 nitrogen and oxygen atoms in total. The van der Waals surface area contributed by atoms with E-state index in [1.54, 1.807) is 0 Å². The summed E-state index contributed by atoms with van der Waals surface area (Å²) in [6.45, 7) is 5.94. The lowest BCUT2D eigenvalue weighted by Gasteiger charge is -2.13. The minimum atomic E-state index is 0.0778. The molecule has 0 spiro atoms. The van der Waals surface area contributed by atoms with Gasteiger partial charge in [0.25, 0.3) is 0 Å². The van der Waals surface area contributed by atoms with E-state index in [9.17, 15) is 10.4 Å². The Morgan fingerprint density at radius 1 is 1.07 bits per heavy atom. The van der Waals surface area contributed by atoms with Crippen LogP contribution in [0.1, 0.15) is 54.4 Å². The van der Waals surface area contributed by atoms with Gasteiger partial charge < -0.3 is 5.11 Å². The molecule has 2 aromatic carbocycles. The number of hydrogen-bond donors (Lipinski definition) is 1. The van der Waals surface area contributed by atoms with E-state index < -0.39 is 0 Å². The zero-order valence-electron chi connectivity index (χ0n) is 17.4. The lowest BCUT2D eigenvalue weighted by Crippen LogP contribution is -2.06. The third-order valence-electron chi connectivity index (χ3n) is 5.15. The zero-order valence-corrected chi connectivity index (χ0v) is 17.4. The first-order valence-corrected chi connectivity index (χ1v) is 10.4. The predicted molar refractivity (Wildman–Crippen MR) is 120 cm³/mol. The molecule has 1 N–H and O–H groups in total. The van der Waals surface area contributed by atoms with Crippen molar-refractivity contribution < 1.29 is 5.11 Å². The molecule has 1 heterocycles. The highest BCUT2D eigenvalue weighted by atomic mass is 16.3. The molecule has 0 aliphatic heterocycles. The van der Waals surface area contributed by atoms with Gasteiger partial charge in [-0.3, -0.25) is 0 Å². The van der Waals surface area contributed by atoms with Crippen molar-refractivity contribution in [3.05, 3.63) is 89.4 Å². The lowest BCUT2D eigenvalue weighted by molar-refractivity contribution is 0.439. The number of rotatable bonds is 9. The van der Waals surface area contributed by atoms with Gasteiger partial charge in [-0.15, -0.1) is 6.58 Å². The number of hydrogen-bond acceptors (Lipinski definition) is 4. The molecule has 30 heavy (non-hydrogen) atoms. The Labute approximate surface area is 178 Å². The zero-order chi connectivity index (χ0) is 21.3. The van der Waals surface area contributed by atoms with E-state index in [2.05, 4.69) is 24.6 Å². The summed E-state index contributed by atoms with van der Waals surface area (Å²) in [5.74, 6) is 0.787. The van der Waals surface area contributed by atoms with Gasteiger partial charge in [0, 0.05) is 18.4 Å². The first kappa shape index (κ1) is 21.3.